The molecule has 0 radical (unpaired) electrons. The predicted molar refractivity (Wildman–Crippen MR) is 108 cm³/mol. The van der Waals surface area contributed by atoms with Crippen LogP contribution in [0.15, 0.2) is 0 Å². The second-order valence-electron chi connectivity index (χ2n) is 2.83. The van der Waals surface area contributed by atoms with Crippen molar-refractivity contribution >= 4 is 108 Å². The third-order valence-electron chi connectivity index (χ3n) is 1.50. The van der Waals surface area contributed by atoms with Crippen LogP contribution >= 0.6 is 0 Å². The first-order valence-electron chi connectivity index (χ1n) is 5.00. The average Bonchev–Trinajstić information content (AvgIpc) is 2.12. The second kappa shape index (κ2) is 99.9. The Hall–Kier alpha value is 4.02. The van der Waals surface area contributed by atoms with Gasteiger partial charge < -0.3 is 131 Å². The fourth-order valence-corrected chi connectivity index (χ4v) is 0.707. The van der Waals surface area contributed by atoms with E-state index < -0.39 is 0 Å². The summed E-state index contributed by atoms with van der Waals surface area (Å²) in [5.41, 5.74) is 14.8. The van der Waals surface area contributed by atoms with Crippen LogP contribution in [0.1, 0.15) is 25.7 Å². The van der Waals surface area contributed by atoms with Gasteiger partial charge in [-0.05, 0) is 0 Å². The van der Waals surface area contributed by atoms with Crippen molar-refractivity contribution < 1.29 is 65.1 Å². The molecule has 14 heteroatoms. The van der Waals surface area contributed by atoms with Gasteiger partial charge in [0, 0.05) is 67.8 Å². The van der Waals surface area contributed by atoms with Gasteiger partial charge in [-0.3, -0.25) is 0 Å². The quantitative estimate of drug-likeness (QED) is 0.173. The van der Waals surface area contributed by atoms with Gasteiger partial charge in [0.1, 0.15) is 0 Å². The van der Waals surface area contributed by atoms with Crippen LogP contribution in [0.5, 0.6) is 0 Å². The summed E-state index contributed by atoms with van der Waals surface area (Å²) in [6, 6.07) is 0. The molecule has 0 aromatic heterocycles. The Morgan fingerprint density at radius 2 is 0.409 bits per heavy atom. The van der Waals surface area contributed by atoms with Crippen molar-refractivity contribution in [2.75, 3.05) is 26.2 Å². The molecule has 0 atom stereocenters. The van der Waals surface area contributed by atoms with Gasteiger partial charge in [0.15, 0.2) is 0 Å². The maximum atomic E-state index is 3.70. The molecule has 0 aromatic carbocycles. The molecule has 152 valence electrons. The maximum Gasteiger partial charge on any atom is 0.0742 e. The van der Waals surface area contributed by atoms with Gasteiger partial charge in [-0.25, -0.2) is 0 Å². The topological polar surface area (TPSA) is 111 Å². The fourth-order valence-electron chi connectivity index (χ4n) is 0.707. The van der Waals surface area contributed by atoms with Crippen molar-refractivity contribution in [2.45, 2.75) is 25.7 Å². The van der Waals surface area contributed by atoms with Gasteiger partial charge >= 0.3 is 0 Å². The minimum atomic E-state index is 0. The van der Waals surface area contributed by atoms with Crippen molar-refractivity contribution in [1.29, 1.82) is 0 Å². The molecule has 4 nitrogen and oxygen atoms in total. The van der Waals surface area contributed by atoms with E-state index in [0.29, 0.717) is 0 Å². The predicted octanol–water partition coefficient (Wildman–Crippen LogP) is -3.52. The van der Waals surface area contributed by atoms with Gasteiger partial charge in [0.05, 0.1) is 26.2 Å². The third-order valence-corrected chi connectivity index (χ3v) is 1.50. The minimum Gasteiger partial charge on any atom is -2.00 e. The molecule has 0 saturated carbocycles. The fraction of sp³-hybridized carbons (Fsp3) is 1.00. The summed E-state index contributed by atoms with van der Waals surface area (Å²) >= 11 is 0. The summed E-state index contributed by atoms with van der Waals surface area (Å²) in [5, 5.41) is 0. The number of unbranched alkanes of at least 4 members (excludes halogenated alkanes) is 2. The van der Waals surface area contributed by atoms with E-state index in [-0.39, 0.29) is 150 Å². The molecule has 12 N–H and O–H groups in total. The molecule has 0 bridgehead atoms. The molecule has 0 rings (SSSR count). The monoisotopic (exact) mass is 632 g/mol. The number of hydrogen-bond acceptors (Lipinski definition) is 0. The average molecular weight is 629 g/mol. The van der Waals surface area contributed by atoms with E-state index in [2.05, 4.69) is 22.9 Å². The molecule has 0 amide bonds. The second-order valence-corrected chi connectivity index (χ2v) is 2.83. The summed E-state index contributed by atoms with van der Waals surface area (Å²) < 4.78 is 0. The zero-order valence-corrected chi connectivity index (χ0v) is 23.1. The van der Waals surface area contributed by atoms with Crippen LogP contribution in [-0.4, -0.2) is 26.2 Å². The smallest absolute Gasteiger partial charge is 0.0742 e. The van der Waals surface area contributed by atoms with E-state index >= 15 is 0 Å². The number of rotatable bonds is 6. The van der Waals surface area contributed by atoms with Crippen molar-refractivity contribution in [1.82, 2.24) is 0 Å². The third kappa shape index (κ3) is 127. The Balaban J connectivity index is -0.00000000625. The van der Waals surface area contributed by atoms with Crippen molar-refractivity contribution in [3.8, 4) is 0 Å². The zero-order valence-electron chi connectivity index (χ0n) is 12.6. The van der Waals surface area contributed by atoms with Gasteiger partial charge in [-0.15, -0.1) is 0 Å². The first-order chi connectivity index (χ1) is 5.83. The summed E-state index contributed by atoms with van der Waals surface area (Å²) in [4.78, 5) is 0. The molecule has 0 aliphatic carbocycles. The largest absolute Gasteiger partial charge is 2.00 e. The van der Waals surface area contributed by atoms with E-state index in [9.17, 15) is 0 Å². The summed E-state index contributed by atoms with van der Waals surface area (Å²) in [6.45, 7) is 4.26. The Morgan fingerprint density at radius 3 is 0.455 bits per heavy atom. The Kier molecular flexibility index (Phi) is 376. The maximum absolute atomic E-state index is 3.70. The normalized spacial score (nSPS) is 4.91. The summed E-state index contributed by atoms with van der Waals surface area (Å²) in [7, 11) is 0. The van der Waals surface area contributed by atoms with Crippen LogP contribution in [0.25, 0.3) is 0 Å². The molecular formula is C8H28Mo2N4S8-12. The van der Waals surface area contributed by atoms with Gasteiger partial charge in [0.25, 0.3) is 0 Å². The SMILES string of the molecule is [Mo].[Mo].[NH3+]CCCC[NH3+].[NH3+]CCCC[NH3+].[S-2].[S-2].[S-2].[S-2].[S-2].[S-2].[S-2].[S-2]. The van der Waals surface area contributed by atoms with E-state index in [1.165, 1.54) is 25.7 Å². The van der Waals surface area contributed by atoms with Crippen LogP contribution in [0, 0.1) is 0 Å². The molecule has 0 heterocycles. The molecule has 0 spiro atoms. The van der Waals surface area contributed by atoms with E-state index in [1.807, 2.05) is 0 Å². The van der Waals surface area contributed by atoms with Crippen LogP contribution in [0.4, 0.5) is 0 Å². The van der Waals surface area contributed by atoms with E-state index in [1.54, 1.807) is 0 Å². The molecular weight excluding hydrogens is 601 g/mol. The van der Waals surface area contributed by atoms with Crippen LogP contribution < -0.4 is 22.9 Å². The molecule has 0 fully saturated rings. The Labute approximate surface area is 222 Å². The molecule has 0 aromatic rings. The molecule has 0 saturated heterocycles. The van der Waals surface area contributed by atoms with Crippen molar-refractivity contribution in [2.24, 2.45) is 0 Å². The molecule has 0 unspecified atom stereocenters. The van der Waals surface area contributed by atoms with Crippen LogP contribution in [-0.2, 0) is 150 Å². The van der Waals surface area contributed by atoms with Gasteiger partial charge in [-0.2, -0.15) is 0 Å². The van der Waals surface area contributed by atoms with E-state index in [4.69, 9.17) is 0 Å². The standard InChI is InChI=1S/2C4H12N2.2Mo.8S/c2*5-3-1-2-4-6;;;;;;;;;;/h2*1-6H2;;;;;;;;;;/q;;;;8*-2/p+4. The zero-order chi connectivity index (χ0) is 9.66. The van der Waals surface area contributed by atoms with Crippen molar-refractivity contribution in [3.05, 3.63) is 0 Å². The molecule has 0 aliphatic heterocycles. The summed E-state index contributed by atoms with van der Waals surface area (Å²) in [5.74, 6) is 0. The van der Waals surface area contributed by atoms with Crippen molar-refractivity contribution in [3.63, 3.8) is 0 Å². The number of hydrogen-bond donors (Lipinski definition) is 4. The minimum absolute atomic E-state index is 0. The Morgan fingerprint density at radius 1 is 0.318 bits per heavy atom. The Bertz CT molecular complexity index is 72.1. The molecule has 0 aliphatic rings. The van der Waals surface area contributed by atoms with Gasteiger partial charge in [-0.1, -0.05) is 0 Å². The summed E-state index contributed by atoms with van der Waals surface area (Å²) in [6.07, 6.45) is 4.96. The first-order valence-corrected chi connectivity index (χ1v) is 5.00. The van der Waals surface area contributed by atoms with Crippen LogP contribution in [0.3, 0.4) is 0 Å². The van der Waals surface area contributed by atoms with Crippen LogP contribution in [0.2, 0.25) is 0 Å². The van der Waals surface area contributed by atoms with Gasteiger partial charge in [0.2, 0.25) is 0 Å². The van der Waals surface area contributed by atoms with E-state index in [0.717, 1.165) is 26.2 Å². The first kappa shape index (κ1) is 82.9. The number of quaternary nitrogens is 4. The molecule has 22 heavy (non-hydrogen) atoms.